The molecule has 0 unspecified atom stereocenters. The molecule has 2 amide bonds. The standard InChI is InChI=1S/C23H24N2O7S/c1-4-11-30-23(28)18-13(2)19(20(24)26)33-22(18)25-21(27)17-10-9-16(32-17)12-31-15-7-5-14(29-3)6-8-15/h5-10H,4,11-12H2,1-3H3,(H2,24,26)(H,25,27). The molecular formula is C23H24N2O7S. The minimum absolute atomic E-state index is 0.0166. The van der Waals surface area contributed by atoms with Crippen LogP contribution in [-0.2, 0) is 11.3 Å². The Morgan fingerprint density at radius 3 is 2.42 bits per heavy atom. The second-order valence-electron chi connectivity index (χ2n) is 6.94. The highest BCUT2D eigenvalue weighted by Crippen LogP contribution is 2.34. The zero-order valence-corrected chi connectivity index (χ0v) is 19.2. The molecule has 33 heavy (non-hydrogen) atoms. The minimum Gasteiger partial charge on any atom is -0.497 e. The molecule has 9 nitrogen and oxygen atoms in total. The molecule has 0 atom stereocenters. The van der Waals surface area contributed by atoms with Crippen LogP contribution in [0.15, 0.2) is 40.8 Å². The van der Waals surface area contributed by atoms with Gasteiger partial charge in [-0.3, -0.25) is 9.59 Å². The second kappa shape index (κ2) is 10.7. The molecule has 0 aliphatic heterocycles. The van der Waals surface area contributed by atoms with Crippen LogP contribution in [0.3, 0.4) is 0 Å². The van der Waals surface area contributed by atoms with Gasteiger partial charge in [0.05, 0.1) is 24.2 Å². The molecule has 0 fully saturated rings. The highest BCUT2D eigenvalue weighted by molar-refractivity contribution is 7.18. The van der Waals surface area contributed by atoms with Crippen LogP contribution in [0.4, 0.5) is 5.00 Å². The lowest BCUT2D eigenvalue weighted by atomic mass is 10.1. The lowest BCUT2D eigenvalue weighted by Gasteiger charge is -2.07. The Labute approximate surface area is 194 Å². The molecule has 3 N–H and O–H groups in total. The van der Waals surface area contributed by atoms with Gasteiger partial charge < -0.3 is 29.7 Å². The van der Waals surface area contributed by atoms with E-state index >= 15 is 0 Å². The van der Waals surface area contributed by atoms with E-state index in [1.807, 2.05) is 6.92 Å². The van der Waals surface area contributed by atoms with Gasteiger partial charge in [0.25, 0.3) is 11.8 Å². The van der Waals surface area contributed by atoms with Crippen molar-refractivity contribution in [3.63, 3.8) is 0 Å². The van der Waals surface area contributed by atoms with Crippen molar-refractivity contribution in [3.05, 3.63) is 63.9 Å². The Kier molecular flexibility index (Phi) is 7.73. The second-order valence-corrected chi connectivity index (χ2v) is 7.97. The van der Waals surface area contributed by atoms with E-state index in [4.69, 9.17) is 24.4 Å². The molecule has 0 bridgehead atoms. The molecular weight excluding hydrogens is 448 g/mol. The van der Waals surface area contributed by atoms with E-state index in [0.29, 0.717) is 29.2 Å². The Morgan fingerprint density at radius 2 is 1.79 bits per heavy atom. The topological polar surface area (TPSA) is 130 Å². The Hall–Kier alpha value is -3.79. The lowest BCUT2D eigenvalue weighted by molar-refractivity contribution is 0.0506. The first-order chi connectivity index (χ1) is 15.8. The van der Waals surface area contributed by atoms with Gasteiger partial charge in [-0.15, -0.1) is 11.3 Å². The van der Waals surface area contributed by atoms with Crippen LogP contribution in [0, 0.1) is 6.92 Å². The molecule has 2 aromatic heterocycles. The molecule has 0 aliphatic carbocycles. The molecule has 0 spiro atoms. The number of nitrogens with two attached hydrogens (primary N) is 1. The number of ether oxygens (including phenoxy) is 3. The quantitative estimate of drug-likeness (QED) is 0.424. The Bertz CT molecular complexity index is 1150. The molecule has 10 heteroatoms. The molecule has 3 aromatic rings. The minimum atomic E-state index is -0.696. The zero-order chi connectivity index (χ0) is 24.0. The van der Waals surface area contributed by atoms with Gasteiger partial charge >= 0.3 is 5.97 Å². The number of rotatable bonds is 10. The van der Waals surface area contributed by atoms with E-state index in [1.54, 1.807) is 44.4 Å². The molecule has 3 rings (SSSR count). The van der Waals surface area contributed by atoms with E-state index in [0.717, 1.165) is 11.3 Å². The molecule has 0 aliphatic rings. The van der Waals surface area contributed by atoms with Crippen LogP contribution < -0.4 is 20.5 Å². The smallest absolute Gasteiger partial charge is 0.341 e. The van der Waals surface area contributed by atoms with E-state index in [9.17, 15) is 14.4 Å². The predicted molar refractivity (Wildman–Crippen MR) is 122 cm³/mol. The SMILES string of the molecule is CCCOC(=O)c1c(NC(=O)c2ccc(COc3ccc(OC)cc3)o2)sc(C(N)=O)c1C. The number of anilines is 1. The summed E-state index contributed by atoms with van der Waals surface area (Å²) in [7, 11) is 1.58. The van der Waals surface area contributed by atoms with Crippen LogP contribution >= 0.6 is 11.3 Å². The summed E-state index contributed by atoms with van der Waals surface area (Å²) in [6, 6.07) is 10.1. The molecule has 0 saturated heterocycles. The van der Waals surface area contributed by atoms with Gasteiger partial charge in [-0.25, -0.2) is 4.79 Å². The molecule has 0 saturated carbocycles. The van der Waals surface area contributed by atoms with Crippen molar-refractivity contribution in [2.75, 3.05) is 19.0 Å². The number of thiophene rings is 1. The van der Waals surface area contributed by atoms with Crippen molar-refractivity contribution in [1.82, 2.24) is 0 Å². The van der Waals surface area contributed by atoms with Crippen molar-refractivity contribution in [1.29, 1.82) is 0 Å². The average molecular weight is 473 g/mol. The summed E-state index contributed by atoms with van der Waals surface area (Å²) in [5.74, 6) is -0.156. The average Bonchev–Trinajstić information content (AvgIpc) is 3.41. The number of amides is 2. The van der Waals surface area contributed by atoms with Crippen LogP contribution in [-0.4, -0.2) is 31.5 Å². The van der Waals surface area contributed by atoms with Gasteiger partial charge in [-0.05, 0) is 55.3 Å². The number of primary amides is 1. The van der Waals surface area contributed by atoms with Gasteiger partial charge in [0.2, 0.25) is 0 Å². The largest absolute Gasteiger partial charge is 0.497 e. The van der Waals surface area contributed by atoms with Crippen LogP contribution in [0.2, 0.25) is 0 Å². The van der Waals surface area contributed by atoms with Crippen molar-refractivity contribution in [3.8, 4) is 11.5 Å². The molecule has 174 valence electrons. The summed E-state index contributed by atoms with van der Waals surface area (Å²) in [5, 5.41) is 2.79. The summed E-state index contributed by atoms with van der Waals surface area (Å²) < 4.78 is 21.5. The van der Waals surface area contributed by atoms with Gasteiger partial charge in [0.1, 0.15) is 28.9 Å². The highest BCUT2D eigenvalue weighted by atomic mass is 32.1. The van der Waals surface area contributed by atoms with E-state index in [2.05, 4.69) is 5.32 Å². The van der Waals surface area contributed by atoms with Crippen molar-refractivity contribution < 1.29 is 33.0 Å². The van der Waals surface area contributed by atoms with E-state index < -0.39 is 17.8 Å². The number of carbonyl (C=O) groups excluding carboxylic acids is 3. The highest BCUT2D eigenvalue weighted by Gasteiger charge is 2.26. The number of benzene rings is 1. The van der Waals surface area contributed by atoms with Crippen LogP contribution in [0.1, 0.15) is 55.3 Å². The third kappa shape index (κ3) is 5.72. The van der Waals surface area contributed by atoms with Crippen molar-refractivity contribution >= 4 is 34.1 Å². The van der Waals surface area contributed by atoms with Crippen molar-refractivity contribution in [2.45, 2.75) is 26.9 Å². The maximum absolute atomic E-state index is 12.7. The number of methoxy groups -OCH3 is 1. The van der Waals surface area contributed by atoms with E-state index in [1.165, 1.54) is 6.07 Å². The van der Waals surface area contributed by atoms with Gasteiger partial charge in [-0.1, -0.05) is 6.92 Å². The first-order valence-corrected chi connectivity index (χ1v) is 10.9. The number of hydrogen-bond acceptors (Lipinski definition) is 8. The number of esters is 1. The third-order valence-electron chi connectivity index (χ3n) is 4.57. The normalized spacial score (nSPS) is 10.5. The van der Waals surface area contributed by atoms with Gasteiger partial charge in [0.15, 0.2) is 5.76 Å². The van der Waals surface area contributed by atoms with Gasteiger partial charge in [0, 0.05) is 0 Å². The monoisotopic (exact) mass is 472 g/mol. The van der Waals surface area contributed by atoms with E-state index in [-0.39, 0.29) is 34.4 Å². The summed E-state index contributed by atoms with van der Waals surface area (Å²) in [5.41, 5.74) is 5.87. The predicted octanol–water partition coefficient (Wildman–Crippen LogP) is 4.16. The number of furan rings is 1. The third-order valence-corrected chi connectivity index (χ3v) is 5.79. The van der Waals surface area contributed by atoms with Crippen LogP contribution in [0.5, 0.6) is 11.5 Å². The molecule has 2 heterocycles. The fourth-order valence-electron chi connectivity index (χ4n) is 2.92. The fraction of sp³-hybridized carbons (Fsp3) is 0.261. The lowest BCUT2D eigenvalue weighted by Crippen LogP contribution is -2.15. The Balaban J connectivity index is 1.72. The van der Waals surface area contributed by atoms with Crippen molar-refractivity contribution in [2.24, 2.45) is 5.73 Å². The number of nitrogens with one attached hydrogen (secondary N) is 1. The summed E-state index contributed by atoms with van der Waals surface area (Å²) in [4.78, 5) is 37.1. The van der Waals surface area contributed by atoms with Crippen LogP contribution in [0.25, 0.3) is 0 Å². The maximum Gasteiger partial charge on any atom is 0.341 e. The maximum atomic E-state index is 12.7. The summed E-state index contributed by atoms with van der Waals surface area (Å²) in [6.45, 7) is 3.76. The summed E-state index contributed by atoms with van der Waals surface area (Å²) >= 11 is 0.912. The molecule has 0 radical (unpaired) electrons. The fourth-order valence-corrected chi connectivity index (χ4v) is 3.96. The summed E-state index contributed by atoms with van der Waals surface area (Å²) in [6.07, 6.45) is 0.632. The number of carbonyl (C=O) groups is 3. The first kappa shape index (κ1) is 23.9. The first-order valence-electron chi connectivity index (χ1n) is 10.1. The zero-order valence-electron chi connectivity index (χ0n) is 18.4. The Morgan fingerprint density at radius 1 is 1.09 bits per heavy atom. The molecule has 1 aromatic carbocycles. The van der Waals surface area contributed by atoms with Gasteiger partial charge in [-0.2, -0.15) is 0 Å². The number of hydrogen-bond donors (Lipinski definition) is 2.